The average molecular weight is 224 g/mol. The fourth-order valence-corrected chi connectivity index (χ4v) is 2.46. The van der Waals surface area contributed by atoms with E-state index in [1.165, 1.54) is 7.11 Å². The highest BCUT2D eigenvalue weighted by atomic mass is 16.5. The summed E-state index contributed by atoms with van der Waals surface area (Å²) in [7, 11) is 1.38. The summed E-state index contributed by atoms with van der Waals surface area (Å²) in [4.78, 5) is 23.2. The first kappa shape index (κ1) is 12.9. The third kappa shape index (κ3) is 2.94. The Labute approximate surface area is 96.9 Å². The van der Waals surface area contributed by atoms with Gasteiger partial charge in [-0.25, -0.2) is 0 Å². The molecule has 1 aliphatic rings. The van der Waals surface area contributed by atoms with Gasteiger partial charge in [-0.2, -0.15) is 0 Å². The highest BCUT2D eigenvalue weighted by Gasteiger charge is 2.38. The van der Waals surface area contributed by atoms with Gasteiger partial charge < -0.3 is 4.74 Å². The summed E-state index contributed by atoms with van der Waals surface area (Å²) in [5.74, 6) is 0.0596. The fourth-order valence-electron chi connectivity index (χ4n) is 2.46. The van der Waals surface area contributed by atoms with Crippen LogP contribution in [0.3, 0.4) is 0 Å². The van der Waals surface area contributed by atoms with Gasteiger partial charge >= 0.3 is 5.97 Å². The summed E-state index contributed by atoms with van der Waals surface area (Å²) in [6.45, 7) is 3.71. The molecule has 3 heteroatoms. The van der Waals surface area contributed by atoms with E-state index in [9.17, 15) is 9.59 Å². The second kappa shape index (κ2) is 5.83. The molecule has 90 valence electrons. The van der Waals surface area contributed by atoms with Gasteiger partial charge in [0.1, 0.15) is 5.78 Å². The zero-order valence-corrected chi connectivity index (χ0v) is 9.96. The van der Waals surface area contributed by atoms with E-state index in [0.717, 1.165) is 19.3 Å². The normalized spacial score (nSPS) is 25.2. The predicted molar refractivity (Wildman–Crippen MR) is 62.0 cm³/mol. The van der Waals surface area contributed by atoms with Crippen LogP contribution in [0, 0.1) is 5.41 Å². The molecule has 3 nitrogen and oxygen atoms in total. The smallest absolute Gasteiger partial charge is 0.305 e. The van der Waals surface area contributed by atoms with Gasteiger partial charge in [-0.05, 0) is 25.7 Å². The second-order valence-corrected chi connectivity index (χ2v) is 4.48. The molecule has 0 aromatic carbocycles. The third-order valence-electron chi connectivity index (χ3n) is 3.47. The van der Waals surface area contributed by atoms with Gasteiger partial charge in [0.2, 0.25) is 0 Å². The molecule has 1 aliphatic carbocycles. The zero-order valence-electron chi connectivity index (χ0n) is 9.96. The van der Waals surface area contributed by atoms with Crippen molar-refractivity contribution >= 4 is 11.8 Å². The number of hydrogen-bond acceptors (Lipinski definition) is 3. The zero-order chi connectivity index (χ0) is 12.0. The van der Waals surface area contributed by atoms with Gasteiger partial charge in [-0.15, -0.1) is 6.58 Å². The monoisotopic (exact) mass is 224 g/mol. The maximum absolute atomic E-state index is 12.0. The minimum Gasteiger partial charge on any atom is -0.469 e. The minimum absolute atomic E-state index is 0.234. The first-order valence-electron chi connectivity index (χ1n) is 5.85. The van der Waals surface area contributed by atoms with E-state index >= 15 is 0 Å². The van der Waals surface area contributed by atoms with Crippen molar-refractivity contribution < 1.29 is 14.3 Å². The number of rotatable bonds is 5. The Bertz CT molecular complexity index is 283. The van der Waals surface area contributed by atoms with Crippen molar-refractivity contribution in [2.75, 3.05) is 7.11 Å². The highest BCUT2D eigenvalue weighted by Crippen LogP contribution is 2.40. The molecule has 0 unspecified atom stereocenters. The molecule has 0 saturated heterocycles. The number of allylic oxidation sites excluding steroid dienone is 1. The van der Waals surface area contributed by atoms with Crippen LogP contribution in [0.25, 0.3) is 0 Å². The van der Waals surface area contributed by atoms with Gasteiger partial charge in [0.15, 0.2) is 0 Å². The lowest BCUT2D eigenvalue weighted by molar-refractivity contribution is -0.142. The topological polar surface area (TPSA) is 43.4 Å². The van der Waals surface area contributed by atoms with Crippen LogP contribution in [0.15, 0.2) is 12.7 Å². The number of carbonyl (C=O) groups is 2. The first-order valence-corrected chi connectivity index (χ1v) is 5.85. The lowest BCUT2D eigenvalue weighted by Gasteiger charge is -2.34. The summed E-state index contributed by atoms with van der Waals surface area (Å²) >= 11 is 0. The van der Waals surface area contributed by atoms with E-state index in [1.807, 2.05) is 0 Å². The van der Waals surface area contributed by atoms with Gasteiger partial charge in [-0.1, -0.05) is 12.5 Å². The van der Waals surface area contributed by atoms with Crippen molar-refractivity contribution in [1.82, 2.24) is 0 Å². The Hall–Kier alpha value is -1.12. The summed E-state index contributed by atoms with van der Waals surface area (Å²) in [6, 6.07) is 0. The van der Waals surface area contributed by atoms with E-state index in [-0.39, 0.29) is 11.4 Å². The Morgan fingerprint density at radius 1 is 1.56 bits per heavy atom. The molecule has 1 rings (SSSR count). The van der Waals surface area contributed by atoms with Crippen molar-refractivity contribution in [3.63, 3.8) is 0 Å². The van der Waals surface area contributed by atoms with E-state index in [0.29, 0.717) is 31.5 Å². The van der Waals surface area contributed by atoms with Gasteiger partial charge in [0.05, 0.1) is 7.11 Å². The predicted octanol–water partition coefficient (Wildman–Crippen LogP) is 2.65. The number of ketones is 1. The molecular formula is C13H20O3. The van der Waals surface area contributed by atoms with Crippen molar-refractivity contribution in [1.29, 1.82) is 0 Å². The molecule has 0 amide bonds. The SMILES string of the molecule is C=CC[C@]1(CCC(=O)OC)CCCCC1=O. The molecule has 0 aliphatic heterocycles. The number of carbonyl (C=O) groups excluding carboxylic acids is 2. The van der Waals surface area contributed by atoms with Crippen molar-refractivity contribution in [2.24, 2.45) is 5.41 Å². The molecule has 0 spiro atoms. The summed E-state index contributed by atoms with van der Waals surface area (Å²) in [5.41, 5.74) is -0.339. The van der Waals surface area contributed by atoms with Crippen LogP contribution in [-0.4, -0.2) is 18.9 Å². The molecule has 0 bridgehead atoms. The molecular weight excluding hydrogens is 204 g/mol. The lowest BCUT2D eigenvalue weighted by atomic mass is 9.68. The lowest BCUT2D eigenvalue weighted by Crippen LogP contribution is -2.34. The van der Waals surface area contributed by atoms with Crippen LogP contribution in [0.5, 0.6) is 0 Å². The molecule has 1 saturated carbocycles. The first-order chi connectivity index (χ1) is 7.64. The molecule has 1 fully saturated rings. The standard InChI is InChI=1S/C13H20O3/c1-3-8-13(10-7-12(15)16-2)9-5-4-6-11(13)14/h3H,1,4-10H2,2H3/t13-/m1/s1. The summed E-state index contributed by atoms with van der Waals surface area (Å²) < 4.78 is 4.62. The fraction of sp³-hybridized carbons (Fsp3) is 0.692. The van der Waals surface area contributed by atoms with Crippen LogP contribution < -0.4 is 0 Å². The van der Waals surface area contributed by atoms with Gasteiger partial charge in [-0.3, -0.25) is 9.59 Å². The molecule has 0 radical (unpaired) electrons. The Kier molecular flexibility index (Phi) is 4.71. The number of methoxy groups -OCH3 is 1. The molecule has 1 atom stereocenters. The van der Waals surface area contributed by atoms with E-state index < -0.39 is 0 Å². The number of hydrogen-bond donors (Lipinski definition) is 0. The van der Waals surface area contributed by atoms with Crippen molar-refractivity contribution in [3.8, 4) is 0 Å². The molecule has 16 heavy (non-hydrogen) atoms. The Morgan fingerprint density at radius 3 is 2.88 bits per heavy atom. The third-order valence-corrected chi connectivity index (χ3v) is 3.47. The highest BCUT2D eigenvalue weighted by molar-refractivity contribution is 5.86. The molecule has 0 N–H and O–H groups in total. The van der Waals surface area contributed by atoms with Gasteiger partial charge in [0, 0.05) is 18.3 Å². The molecule has 0 aromatic heterocycles. The Morgan fingerprint density at radius 2 is 2.31 bits per heavy atom. The second-order valence-electron chi connectivity index (χ2n) is 4.48. The van der Waals surface area contributed by atoms with Crippen LogP contribution in [0.2, 0.25) is 0 Å². The quantitative estimate of drug-likeness (QED) is 0.532. The Balaban J connectivity index is 2.66. The van der Waals surface area contributed by atoms with Crippen LogP contribution >= 0.6 is 0 Å². The van der Waals surface area contributed by atoms with Crippen molar-refractivity contribution in [2.45, 2.75) is 44.9 Å². The average Bonchev–Trinajstić information content (AvgIpc) is 2.30. The number of esters is 1. The summed E-state index contributed by atoms with van der Waals surface area (Å²) in [6.07, 6.45) is 6.99. The maximum Gasteiger partial charge on any atom is 0.305 e. The van der Waals surface area contributed by atoms with E-state index in [1.54, 1.807) is 6.08 Å². The number of Topliss-reactive ketones (excluding diaryl/α,β-unsaturated/α-hetero) is 1. The minimum atomic E-state index is -0.339. The molecule has 0 heterocycles. The summed E-state index contributed by atoms with van der Waals surface area (Å²) in [5, 5.41) is 0. The van der Waals surface area contributed by atoms with Crippen LogP contribution in [0.1, 0.15) is 44.9 Å². The van der Waals surface area contributed by atoms with Crippen molar-refractivity contribution in [3.05, 3.63) is 12.7 Å². The maximum atomic E-state index is 12.0. The van der Waals surface area contributed by atoms with Gasteiger partial charge in [0.25, 0.3) is 0 Å². The molecule has 0 aromatic rings. The van der Waals surface area contributed by atoms with E-state index in [2.05, 4.69) is 11.3 Å². The largest absolute Gasteiger partial charge is 0.469 e. The number of ether oxygens (including phenoxy) is 1. The van der Waals surface area contributed by atoms with E-state index in [4.69, 9.17) is 0 Å². The van der Waals surface area contributed by atoms with Crippen LogP contribution in [-0.2, 0) is 14.3 Å². The van der Waals surface area contributed by atoms with Crippen LogP contribution in [0.4, 0.5) is 0 Å².